The number of hydrogen-bond acceptors (Lipinski definition) is 7. The van der Waals surface area contributed by atoms with Crippen LogP contribution in [0.5, 0.6) is 11.8 Å². The van der Waals surface area contributed by atoms with Crippen molar-refractivity contribution in [1.29, 1.82) is 0 Å². The molecular weight excluding hydrogens is 318 g/mol. The molecule has 0 atom stereocenters. The number of ether oxygens (including phenoxy) is 2. The third-order valence-electron chi connectivity index (χ3n) is 3.37. The lowest BCUT2D eigenvalue weighted by molar-refractivity contribution is 0.373. The molecule has 0 aliphatic heterocycles. The summed E-state index contributed by atoms with van der Waals surface area (Å²) in [6, 6.07) is 15.2. The molecule has 0 fully saturated rings. The first-order valence-corrected chi connectivity index (χ1v) is 7.56. The van der Waals surface area contributed by atoms with Crippen LogP contribution in [0.3, 0.4) is 0 Å². The maximum absolute atomic E-state index is 5.15. The molecular formula is C18H17N5O2. The van der Waals surface area contributed by atoms with Gasteiger partial charge in [0.1, 0.15) is 0 Å². The number of pyridine rings is 1. The minimum absolute atomic E-state index is 0.277. The van der Waals surface area contributed by atoms with Crippen LogP contribution in [-0.4, -0.2) is 34.9 Å². The Hall–Kier alpha value is -3.48. The minimum Gasteiger partial charge on any atom is -0.481 e. The van der Waals surface area contributed by atoms with Gasteiger partial charge in [0, 0.05) is 23.5 Å². The number of benzene rings is 1. The van der Waals surface area contributed by atoms with E-state index in [0.717, 1.165) is 16.8 Å². The van der Waals surface area contributed by atoms with Gasteiger partial charge in [0.2, 0.25) is 17.7 Å². The Labute approximate surface area is 145 Å². The van der Waals surface area contributed by atoms with Gasteiger partial charge < -0.3 is 9.47 Å². The number of nitrogens with zero attached hydrogens (tertiary/aromatic N) is 4. The Morgan fingerprint density at radius 2 is 1.48 bits per heavy atom. The fraction of sp³-hybridized carbons (Fsp3) is 0.111. The largest absolute Gasteiger partial charge is 0.481 e. The van der Waals surface area contributed by atoms with Gasteiger partial charge in [0.05, 0.1) is 26.0 Å². The van der Waals surface area contributed by atoms with E-state index in [-0.39, 0.29) is 5.95 Å². The van der Waals surface area contributed by atoms with Gasteiger partial charge in [0.15, 0.2) is 0 Å². The van der Waals surface area contributed by atoms with E-state index >= 15 is 0 Å². The van der Waals surface area contributed by atoms with Crippen LogP contribution in [0.4, 0.5) is 5.95 Å². The molecule has 1 N–H and O–H groups in total. The maximum Gasteiger partial charge on any atom is 0.250 e. The van der Waals surface area contributed by atoms with Crippen molar-refractivity contribution >= 4 is 11.7 Å². The van der Waals surface area contributed by atoms with Gasteiger partial charge >= 0.3 is 0 Å². The summed E-state index contributed by atoms with van der Waals surface area (Å²) in [5.41, 5.74) is 5.50. The maximum atomic E-state index is 5.15. The van der Waals surface area contributed by atoms with E-state index in [0.29, 0.717) is 11.8 Å². The first-order chi connectivity index (χ1) is 12.3. The van der Waals surface area contributed by atoms with Gasteiger partial charge in [-0.3, -0.25) is 4.98 Å². The third kappa shape index (κ3) is 4.08. The number of aromatic nitrogens is 3. The van der Waals surface area contributed by atoms with Crippen LogP contribution in [0.15, 0.2) is 66.0 Å². The molecule has 3 aromatic rings. The number of rotatable bonds is 6. The molecule has 25 heavy (non-hydrogen) atoms. The fourth-order valence-electron chi connectivity index (χ4n) is 2.17. The first-order valence-electron chi connectivity index (χ1n) is 7.56. The molecule has 0 spiro atoms. The Bertz CT molecular complexity index is 790. The summed E-state index contributed by atoms with van der Waals surface area (Å²) < 4.78 is 10.3. The SMILES string of the molecule is COc1cc(OC)nc(N/N=C(/c2ccccc2)c2ccncc2)n1. The van der Waals surface area contributed by atoms with Crippen LogP contribution < -0.4 is 14.9 Å². The van der Waals surface area contributed by atoms with Crippen molar-refractivity contribution in [2.45, 2.75) is 0 Å². The van der Waals surface area contributed by atoms with Crippen molar-refractivity contribution in [3.63, 3.8) is 0 Å². The molecule has 2 heterocycles. The highest BCUT2D eigenvalue weighted by Gasteiger charge is 2.09. The lowest BCUT2D eigenvalue weighted by atomic mass is 10.0. The van der Waals surface area contributed by atoms with Gasteiger partial charge in [-0.05, 0) is 12.1 Å². The van der Waals surface area contributed by atoms with Crippen LogP contribution in [0.25, 0.3) is 0 Å². The topological polar surface area (TPSA) is 81.5 Å². The molecule has 0 saturated carbocycles. The molecule has 0 aliphatic rings. The van der Waals surface area contributed by atoms with Crippen LogP contribution in [0, 0.1) is 0 Å². The third-order valence-corrected chi connectivity index (χ3v) is 3.37. The van der Waals surface area contributed by atoms with Gasteiger partial charge in [-0.1, -0.05) is 30.3 Å². The highest BCUT2D eigenvalue weighted by atomic mass is 16.5. The lowest BCUT2D eigenvalue weighted by Gasteiger charge is -2.09. The van der Waals surface area contributed by atoms with E-state index in [1.807, 2.05) is 42.5 Å². The highest BCUT2D eigenvalue weighted by molar-refractivity contribution is 6.13. The van der Waals surface area contributed by atoms with Gasteiger partial charge in [-0.25, -0.2) is 5.43 Å². The highest BCUT2D eigenvalue weighted by Crippen LogP contribution is 2.18. The normalized spacial score (nSPS) is 11.0. The summed E-state index contributed by atoms with van der Waals surface area (Å²) >= 11 is 0. The molecule has 0 aliphatic carbocycles. The van der Waals surface area contributed by atoms with Gasteiger partial charge in [-0.15, -0.1) is 0 Å². The Kier molecular flexibility index (Phi) is 5.16. The molecule has 7 heteroatoms. The quantitative estimate of drug-likeness (QED) is 0.551. The van der Waals surface area contributed by atoms with Gasteiger partial charge in [0.25, 0.3) is 0 Å². The zero-order chi connectivity index (χ0) is 17.5. The molecule has 2 aromatic heterocycles. The second-order valence-corrected chi connectivity index (χ2v) is 4.95. The Morgan fingerprint density at radius 3 is 2.08 bits per heavy atom. The van der Waals surface area contributed by atoms with E-state index in [2.05, 4.69) is 25.5 Å². The summed E-state index contributed by atoms with van der Waals surface area (Å²) in [5.74, 6) is 1.04. The van der Waals surface area contributed by atoms with Crippen molar-refractivity contribution < 1.29 is 9.47 Å². The Balaban J connectivity index is 1.97. The molecule has 0 saturated heterocycles. The minimum atomic E-state index is 0.277. The van der Waals surface area contributed by atoms with Crippen LogP contribution in [0.1, 0.15) is 11.1 Å². The molecule has 0 radical (unpaired) electrons. The number of hydrazone groups is 1. The zero-order valence-corrected chi connectivity index (χ0v) is 13.9. The van der Waals surface area contributed by atoms with Crippen LogP contribution in [0.2, 0.25) is 0 Å². The predicted molar refractivity (Wildman–Crippen MR) is 95.1 cm³/mol. The molecule has 0 amide bonds. The van der Waals surface area contributed by atoms with Gasteiger partial charge in [-0.2, -0.15) is 15.1 Å². The monoisotopic (exact) mass is 335 g/mol. The summed E-state index contributed by atoms with van der Waals surface area (Å²) in [6.45, 7) is 0. The average Bonchev–Trinajstić information content (AvgIpc) is 2.69. The number of anilines is 1. The van der Waals surface area contributed by atoms with Crippen LogP contribution >= 0.6 is 0 Å². The zero-order valence-electron chi connectivity index (χ0n) is 13.9. The van der Waals surface area contributed by atoms with E-state index in [9.17, 15) is 0 Å². The molecule has 0 unspecified atom stereocenters. The summed E-state index contributed by atoms with van der Waals surface area (Å²) in [4.78, 5) is 12.5. The lowest BCUT2D eigenvalue weighted by Crippen LogP contribution is -2.08. The number of methoxy groups -OCH3 is 2. The van der Waals surface area contributed by atoms with Crippen molar-refractivity contribution in [1.82, 2.24) is 15.0 Å². The van der Waals surface area contributed by atoms with Crippen molar-refractivity contribution in [3.8, 4) is 11.8 Å². The summed E-state index contributed by atoms with van der Waals surface area (Å²) in [5, 5.41) is 4.49. The van der Waals surface area contributed by atoms with Crippen molar-refractivity contribution in [2.75, 3.05) is 19.6 Å². The standard InChI is InChI=1S/C18H17N5O2/c1-24-15-12-16(25-2)21-18(20-15)23-22-17(13-6-4-3-5-7-13)14-8-10-19-11-9-14/h3-12H,1-2H3,(H,20,21,23)/b22-17-. The molecule has 1 aromatic carbocycles. The van der Waals surface area contributed by atoms with E-state index in [1.54, 1.807) is 18.5 Å². The van der Waals surface area contributed by atoms with E-state index in [4.69, 9.17) is 9.47 Å². The molecule has 3 rings (SSSR count). The smallest absolute Gasteiger partial charge is 0.250 e. The van der Waals surface area contributed by atoms with E-state index in [1.165, 1.54) is 14.2 Å². The predicted octanol–water partition coefficient (Wildman–Crippen LogP) is 2.75. The summed E-state index contributed by atoms with van der Waals surface area (Å²) in [6.07, 6.45) is 3.44. The second-order valence-electron chi connectivity index (χ2n) is 4.95. The molecule has 7 nitrogen and oxygen atoms in total. The number of nitrogens with one attached hydrogen (secondary N) is 1. The Morgan fingerprint density at radius 1 is 0.880 bits per heavy atom. The van der Waals surface area contributed by atoms with Crippen molar-refractivity contribution in [3.05, 3.63) is 72.1 Å². The van der Waals surface area contributed by atoms with Crippen LogP contribution in [-0.2, 0) is 0 Å². The summed E-state index contributed by atoms with van der Waals surface area (Å²) in [7, 11) is 3.06. The second kappa shape index (κ2) is 7.87. The molecule has 126 valence electrons. The fourth-order valence-corrected chi connectivity index (χ4v) is 2.17. The van der Waals surface area contributed by atoms with Crippen molar-refractivity contribution in [2.24, 2.45) is 5.10 Å². The first kappa shape index (κ1) is 16.4. The average molecular weight is 335 g/mol. The molecule has 0 bridgehead atoms. The number of hydrogen-bond donors (Lipinski definition) is 1. The van der Waals surface area contributed by atoms with E-state index < -0.39 is 0 Å².